The number of benzene rings is 3. The number of hydrogen-bond donors (Lipinski definition) is 3. The van der Waals surface area contributed by atoms with Crippen LogP contribution < -0.4 is 20.8 Å². The molecule has 4 N–H and O–H groups in total. The van der Waals surface area contributed by atoms with E-state index in [1.54, 1.807) is 36.4 Å². The number of halogens is 1. The third kappa shape index (κ3) is 3.81. The van der Waals surface area contributed by atoms with Gasteiger partial charge in [-0.1, -0.05) is 24.3 Å². The first-order valence-electron chi connectivity index (χ1n) is 10.2. The summed E-state index contributed by atoms with van der Waals surface area (Å²) in [4.78, 5) is 30.1. The first-order chi connectivity index (χ1) is 16.4. The Morgan fingerprint density at radius 1 is 1.12 bits per heavy atom. The zero-order valence-corrected chi connectivity index (χ0v) is 17.9. The molecule has 10 heteroatoms. The van der Waals surface area contributed by atoms with Gasteiger partial charge in [0, 0.05) is 29.0 Å². The molecular weight excluding hydrogens is 441 g/mol. The number of methoxy groups -OCH3 is 1. The van der Waals surface area contributed by atoms with E-state index < -0.39 is 11.9 Å². The summed E-state index contributed by atoms with van der Waals surface area (Å²) in [5, 5.41) is 7.96. The van der Waals surface area contributed by atoms with Crippen LogP contribution in [0, 0.1) is 5.82 Å². The molecule has 1 amide bonds. The Balaban J connectivity index is 1.59. The summed E-state index contributed by atoms with van der Waals surface area (Å²) < 4.78 is 25.3. The summed E-state index contributed by atoms with van der Waals surface area (Å²) in [7, 11) is 1.47. The van der Waals surface area contributed by atoms with Gasteiger partial charge in [0.25, 0.3) is 5.56 Å². The summed E-state index contributed by atoms with van der Waals surface area (Å²) in [6.45, 7) is 0. The van der Waals surface area contributed by atoms with Gasteiger partial charge in [0.15, 0.2) is 0 Å². The van der Waals surface area contributed by atoms with Gasteiger partial charge < -0.3 is 20.2 Å². The van der Waals surface area contributed by atoms with Gasteiger partial charge in [-0.05, 0) is 29.8 Å². The second-order valence-electron chi connectivity index (χ2n) is 7.56. The standard InChI is InChI=1S/C24H18FN5O4/c1-33-21-11-17(25)16(12-6-7-18-20(9-12)28-24(27-18)34-23(26)32)8-13(21)10-19-14-4-2-3-5-15(14)22(31)30-29-19/h2-9,11H,10H2,1H3,(H2,26,32)(H,27,28)(H,30,31). The number of hydrogen-bond acceptors (Lipinski definition) is 6. The molecule has 9 nitrogen and oxygen atoms in total. The van der Waals surface area contributed by atoms with Crippen LogP contribution in [0.15, 0.2) is 59.4 Å². The Hall–Kier alpha value is -4.73. The van der Waals surface area contributed by atoms with E-state index in [0.717, 1.165) is 0 Å². The van der Waals surface area contributed by atoms with Crippen molar-refractivity contribution in [3.8, 4) is 22.9 Å². The third-order valence-electron chi connectivity index (χ3n) is 5.47. The van der Waals surface area contributed by atoms with Gasteiger partial charge in [-0.3, -0.25) is 4.79 Å². The maximum Gasteiger partial charge on any atom is 0.412 e. The molecule has 5 rings (SSSR count). The van der Waals surface area contributed by atoms with E-state index in [9.17, 15) is 9.59 Å². The van der Waals surface area contributed by atoms with E-state index in [2.05, 4.69) is 20.2 Å². The van der Waals surface area contributed by atoms with Gasteiger partial charge in [0.2, 0.25) is 0 Å². The fourth-order valence-corrected chi connectivity index (χ4v) is 3.93. The van der Waals surface area contributed by atoms with Crippen LogP contribution in [0.1, 0.15) is 11.3 Å². The van der Waals surface area contributed by atoms with E-state index in [4.69, 9.17) is 15.2 Å². The smallest absolute Gasteiger partial charge is 0.412 e. The predicted octanol–water partition coefficient (Wildman–Crippen LogP) is 3.66. The summed E-state index contributed by atoms with van der Waals surface area (Å²) in [6, 6.07) is 15.2. The fourth-order valence-electron chi connectivity index (χ4n) is 3.93. The molecule has 0 saturated heterocycles. The van der Waals surface area contributed by atoms with Gasteiger partial charge in [-0.25, -0.2) is 14.3 Å². The molecule has 0 atom stereocenters. The summed E-state index contributed by atoms with van der Waals surface area (Å²) in [5.41, 5.74) is 8.04. The molecule has 170 valence electrons. The molecule has 0 spiro atoms. The predicted molar refractivity (Wildman–Crippen MR) is 123 cm³/mol. The van der Waals surface area contributed by atoms with Crippen molar-refractivity contribution in [2.45, 2.75) is 6.42 Å². The molecule has 5 aromatic rings. The van der Waals surface area contributed by atoms with Crippen LogP contribution >= 0.6 is 0 Å². The number of fused-ring (bicyclic) bond motifs is 2. The van der Waals surface area contributed by atoms with E-state index in [0.29, 0.717) is 56.4 Å². The Labute approximate surface area is 191 Å². The summed E-state index contributed by atoms with van der Waals surface area (Å²) >= 11 is 0. The Morgan fingerprint density at radius 3 is 2.68 bits per heavy atom. The lowest BCUT2D eigenvalue weighted by molar-refractivity contribution is 0.207. The van der Waals surface area contributed by atoms with Crippen LogP contribution in [0.5, 0.6) is 11.8 Å². The van der Waals surface area contributed by atoms with E-state index in [-0.39, 0.29) is 11.6 Å². The van der Waals surface area contributed by atoms with Crippen LogP contribution in [-0.4, -0.2) is 33.4 Å². The van der Waals surface area contributed by atoms with Crippen LogP contribution in [0.3, 0.4) is 0 Å². The molecule has 0 aliphatic heterocycles. The van der Waals surface area contributed by atoms with Crippen molar-refractivity contribution in [3.63, 3.8) is 0 Å². The van der Waals surface area contributed by atoms with E-state index in [1.165, 1.54) is 13.2 Å². The second-order valence-corrected chi connectivity index (χ2v) is 7.56. The Morgan fingerprint density at radius 2 is 1.91 bits per heavy atom. The van der Waals surface area contributed by atoms with Gasteiger partial charge in [-0.2, -0.15) is 10.1 Å². The number of H-pyrrole nitrogens is 2. The quantitative estimate of drug-likeness (QED) is 0.367. The van der Waals surface area contributed by atoms with Crippen molar-refractivity contribution in [2.24, 2.45) is 5.73 Å². The van der Waals surface area contributed by atoms with Crippen molar-refractivity contribution in [1.82, 2.24) is 20.2 Å². The van der Waals surface area contributed by atoms with Crippen molar-refractivity contribution >= 4 is 27.9 Å². The zero-order valence-electron chi connectivity index (χ0n) is 17.9. The number of nitrogens with one attached hydrogen (secondary N) is 2. The minimum absolute atomic E-state index is 0.0495. The highest BCUT2D eigenvalue weighted by molar-refractivity contribution is 5.85. The first-order valence-corrected chi connectivity index (χ1v) is 10.2. The molecule has 3 aromatic carbocycles. The highest BCUT2D eigenvalue weighted by atomic mass is 19.1. The fraction of sp³-hybridized carbons (Fsp3) is 0.0833. The average Bonchev–Trinajstić information content (AvgIpc) is 3.22. The largest absolute Gasteiger partial charge is 0.496 e. The highest BCUT2D eigenvalue weighted by Crippen LogP contribution is 2.33. The monoisotopic (exact) mass is 459 g/mol. The van der Waals surface area contributed by atoms with Crippen molar-refractivity contribution in [2.75, 3.05) is 7.11 Å². The number of amides is 1. The lowest BCUT2D eigenvalue weighted by atomic mass is 9.97. The first kappa shape index (κ1) is 21.1. The summed E-state index contributed by atoms with van der Waals surface area (Å²) in [5.74, 6) is -0.120. The molecule has 34 heavy (non-hydrogen) atoms. The molecule has 0 unspecified atom stereocenters. The van der Waals surface area contributed by atoms with Crippen LogP contribution in [0.4, 0.5) is 9.18 Å². The molecule has 0 bridgehead atoms. The van der Waals surface area contributed by atoms with E-state index >= 15 is 4.39 Å². The average molecular weight is 459 g/mol. The number of ether oxygens (including phenoxy) is 2. The van der Waals surface area contributed by atoms with Crippen molar-refractivity contribution < 1.29 is 18.7 Å². The number of rotatable bonds is 5. The number of nitrogens with two attached hydrogens (primary N) is 1. The van der Waals surface area contributed by atoms with Crippen LogP contribution in [0.2, 0.25) is 0 Å². The van der Waals surface area contributed by atoms with Gasteiger partial charge in [0.1, 0.15) is 11.6 Å². The normalized spacial score (nSPS) is 11.1. The number of imidazole rings is 1. The maximum atomic E-state index is 15.1. The maximum absolute atomic E-state index is 15.1. The molecule has 0 aliphatic carbocycles. The zero-order chi connectivity index (χ0) is 23.8. The van der Waals surface area contributed by atoms with Gasteiger partial charge in [0.05, 0.1) is 29.2 Å². The molecule has 0 fully saturated rings. The minimum atomic E-state index is -0.992. The minimum Gasteiger partial charge on any atom is -0.496 e. The topological polar surface area (TPSA) is 136 Å². The van der Waals surface area contributed by atoms with Crippen LogP contribution in [-0.2, 0) is 6.42 Å². The lowest BCUT2D eigenvalue weighted by Gasteiger charge is -2.13. The molecular formula is C24H18FN5O4. The third-order valence-corrected chi connectivity index (χ3v) is 5.47. The number of aromatic nitrogens is 4. The molecule has 2 heterocycles. The van der Waals surface area contributed by atoms with Crippen molar-refractivity contribution in [1.29, 1.82) is 0 Å². The van der Waals surface area contributed by atoms with Gasteiger partial charge >= 0.3 is 12.1 Å². The number of nitrogens with zero attached hydrogens (tertiary/aromatic N) is 2. The number of carbonyl (C=O) groups is 1. The van der Waals surface area contributed by atoms with Crippen LogP contribution in [0.25, 0.3) is 32.9 Å². The number of aromatic amines is 2. The molecule has 0 radical (unpaired) electrons. The molecule has 0 aliphatic rings. The van der Waals surface area contributed by atoms with Crippen molar-refractivity contribution in [3.05, 3.63) is 82.0 Å². The number of primary amides is 1. The highest BCUT2D eigenvalue weighted by Gasteiger charge is 2.16. The molecule has 2 aromatic heterocycles. The molecule has 0 saturated carbocycles. The Kier molecular flexibility index (Phi) is 5.17. The van der Waals surface area contributed by atoms with E-state index in [1.807, 2.05) is 12.1 Å². The summed E-state index contributed by atoms with van der Waals surface area (Å²) in [6.07, 6.45) is -0.690. The lowest BCUT2D eigenvalue weighted by Crippen LogP contribution is -2.16. The second kappa shape index (κ2) is 8.32. The SMILES string of the molecule is COc1cc(F)c(-c2ccc3nc(OC(N)=O)[nH]c3c2)cc1Cc1n[nH]c(=O)c2ccccc12. The number of carbonyl (C=O) groups excluding carboxylic acids is 1. The van der Waals surface area contributed by atoms with Gasteiger partial charge in [-0.15, -0.1) is 0 Å². The Bertz CT molecular complexity index is 1630.